The minimum Gasteiger partial charge on any atom is -0.452 e. The van der Waals surface area contributed by atoms with Gasteiger partial charge in [0.15, 0.2) is 6.61 Å². The smallest absolute Gasteiger partial charge is 0.338 e. The highest BCUT2D eigenvalue weighted by Crippen LogP contribution is 2.40. The van der Waals surface area contributed by atoms with E-state index in [2.05, 4.69) is 5.32 Å². The predicted molar refractivity (Wildman–Crippen MR) is 119 cm³/mol. The Morgan fingerprint density at radius 1 is 1.00 bits per heavy atom. The lowest BCUT2D eigenvalue weighted by atomic mass is 9.81. The number of nitrogens with zero attached hydrogens (tertiary/aromatic N) is 1. The molecule has 0 radical (unpaired) electrons. The zero-order chi connectivity index (χ0) is 22.7. The Hall–Kier alpha value is -3.48. The van der Waals surface area contributed by atoms with Crippen molar-refractivity contribution >= 4 is 35.1 Å². The first-order chi connectivity index (χ1) is 15.5. The quantitative estimate of drug-likeness (QED) is 0.553. The van der Waals surface area contributed by atoms with Crippen LogP contribution in [0.25, 0.3) is 0 Å². The number of ether oxygens (including phenoxy) is 1. The molecule has 4 rings (SSSR count). The maximum Gasteiger partial charge on any atom is 0.338 e. The topological polar surface area (TPSA) is 92.8 Å². The van der Waals surface area contributed by atoms with Crippen molar-refractivity contribution in [1.29, 1.82) is 0 Å². The fourth-order valence-corrected chi connectivity index (χ4v) is 4.42. The molecule has 1 heterocycles. The van der Waals surface area contributed by atoms with Gasteiger partial charge in [-0.05, 0) is 55.2 Å². The molecule has 2 aliphatic rings. The molecule has 2 aromatic carbocycles. The highest BCUT2D eigenvalue weighted by atomic mass is 16.5. The highest BCUT2D eigenvalue weighted by molar-refractivity contribution is 6.22. The van der Waals surface area contributed by atoms with Crippen LogP contribution in [-0.4, -0.2) is 30.3 Å². The third-order valence-electron chi connectivity index (χ3n) is 6.16. The molecule has 0 bridgehead atoms. The lowest BCUT2D eigenvalue weighted by Crippen LogP contribution is -2.31. The molecule has 7 nitrogen and oxygen atoms in total. The molecule has 1 N–H and O–H groups in total. The van der Waals surface area contributed by atoms with Gasteiger partial charge in [-0.3, -0.25) is 19.3 Å². The first-order valence-corrected chi connectivity index (χ1v) is 11.0. The average Bonchev–Trinajstić information content (AvgIpc) is 3.08. The fraction of sp³-hybridized carbons (Fsp3) is 0.360. The number of hydrogen-bond donors (Lipinski definition) is 1. The standard InChI is InChI=1S/C25H26N2O5/c1-2-16-10-12-18(13-11-16)26-22(28)15-32-25(31)17-6-5-7-19(14-17)27-23(29)20-8-3-4-9-21(20)24(27)30/h5-7,10-14,20-21H,2-4,8-9,15H2,1H3,(H,26,28)/t20-,21-/m1/s1. The molecule has 1 aliphatic heterocycles. The summed E-state index contributed by atoms with van der Waals surface area (Å²) in [5.41, 5.74) is 2.32. The zero-order valence-electron chi connectivity index (χ0n) is 18.0. The summed E-state index contributed by atoms with van der Waals surface area (Å²) >= 11 is 0. The van der Waals surface area contributed by atoms with E-state index in [-0.39, 0.29) is 29.2 Å². The summed E-state index contributed by atoms with van der Waals surface area (Å²) in [6.07, 6.45) is 4.25. The van der Waals surface area contributed by atoms with Gasteiger partial charge in [0.25, 0.3) is 5.91 Å². The van der Waals surface area contributed by atoms with Crippen LogP contribution in [-0.2, 0) is 25.5 Å². The maximum absolute atomic E-state index is 12.8. The molecule has 2 atom stereocenters. The predicted octanol–water partition coefficient (Wildman–Crippen LogP) is 3.72. The number of aryl methyl sites for hydroxylation is 1. The van der Waals surface area contributed by atoms with Gasteiger partial charge in [0.05, 0.1) is 23.1 Å². The summed E-state index contributed by atoms with van der Waals surface area (Å²) in [6.45, 7) is 1.61. The third-order valence-corrected chi connectivity index (χ3v) is 6.16. The van der Waals surface area contributed by atoms with Crippen molar-refractivity contribution in [1.82, 2.24) is 0 Å². The Balaban J connectivity index is 1.38. The van der Waals surface area contributed by atoms with Crippen molar-refractivity contribution < 1.29 is 23.9 Å². The van der Waals surface area contributed by atoms with Crippen molar-refractivity contribution in [2.75, 3.05) is 16.8 Å². The second kappa shape index (κ2) is 9.34. The number of hydrogen-bond acceptors (Lipinski definition) is 5. The number of rotatable bonds is 6. The summed E-state index contributed by atoms with van der Waals surface area (Å²) in [4.78, 5) is 51.4. The Morgan fingerprint density at radius 3 is 2.28 bits per heavy atom. The minimum absolute atomic E-state index is 0.179. The number of carbonyl (C=O) groups excluding carboxylic acids is 4. The van der Waals surface area contributed by atoms with Crippen LogP contribution >= 0.6 is 0 Å². The molecule has 1 saturated carbocycles. The summed E-state index contributed by atoms with van der Waals surface area (Å²) in [5.74, 6) is -2.06. The van der Waals surface area contributed by atoms with Crippen LogP contribution in [0.4, 0.5) is 11.4 Å². The third kappa shape index (κ3) is 4.42. The molecule has 7 heteroatoms. The Kier molecular flexibility index (Phi) is 6.35. The monoisotopic (exact) mass is 434 g/mol. The Labute approximate surface area is 186 Å². The number of benzene rings is 2. The molecule has 1 saturated heterocycles. The van der Waals surface area contributed by atoms with Gasteiger partial charge in [0.2, 0.25) is 11.8 Å². The van der Waals surface area contributed by atoms with E-state index in [4.69, 9.17) is 4.74 Å². The fourth-order valence-electron chi connectivity index (χ4n) is 4.42. The van der Waals surface area contributed by atoms with Gasteiger partial charge in [0, 0.05) is 5.69 Å². The van der Waals surface area contributed by atoms with Gasteiger partial charge in [0.1, 0.15) is 0 Å². The number of esters is 1. The molecule has 0 spiro atoms. The molecular formula is C25H26N2O5. The van der Waals surface area contributed by atoms with Crippen molar-refractivity contribution in [2.24, 2.45) is 11.8 Å². The number of anilines is 2. The SMILES string of the molecule is CCc1ccc(NC(=O)COC(=O)c2cccc(N3C(=O)[C@@H]4CCCC[C@H]4C3=O)c2)cc1. The van der Waals surface area contributed by atoms with Crippen LogP contribution in [0.3, 0.4) is 0 Å². The number of amides is 3. The van der Waals surface area contributed by atoms with Gasteiger partial charge in [-0.25, -0.2) is 4.79 Å². The summed E-state index contributed by atoms with van der Waals surface area (Å²) < 4.78 is 5.13. The van der Waals surface area contributed by atoms with Crippen molar-refractivity contribution in [3.05, 3.63) is 59.7 Å². The van der Waals surface area contributed by atoms with E-state index >= 15 is 0 Å². The van der Waals surface area contributed by atoms with Gasteiger partial charge in [-0.15, -0.1) is 0 Å². The molecule has 0 aromatic heterocycles. The van der Waals surface area contributed by atoms with Gasteiger partial charge in [-0.2, -0.15) is 0 Å². The number of imide groups is 1. The molecule has 2 fully saturated rings. The van der Waals surface area contributed by atoms with E-state index < -0.39 is 18.5 Å². The van der Waals surface area contributed by atoms with E-state index in [1.165, 1.54) is 17.0 Å². The zero-order valence-corrected chi connectivity index (χ0v) is 18.0. The van der Waals surface area contributed by atoms with E-state index in [9.17, 15) is 19.2 Å². The van der Waals surface area contributed by atoms with E-state index in [1.54, 1.807) is 24.3 Å². The second-order valence-corrected chi connectivity index (χ2v) is 8.23. The van der Waals surface area contributed by atoms with Crippen LogP contribution in [0.1, 0.15) is 48.5 Å². The van der Waals surface area contributed by atoms with E-state index in [1.807, 2.05) is 19.1 Å². The van der Waals surface area contributed by atoms with Crippen LogP contribution in [0, 0.1) is 11.8 Å². The first-order valence-electron chi connectivity index (χ1n) is 11.0. The summed E-state index contributed by atoms with van der Waals surface area (Å²) in [6, 6.07) is 13.7. The number of carbonyl (C=O) groups is 4. The van der Waals surface area contributed by atoms with Gasteiger partial charge in [-0.1, -0.05) is 38.0 Å². The summed E-state index contributed by atoms with van der Waals surface area (Å²) in [7, 11) is 0. The van der Waals surface area contributed by atoms with E-state index in [0.29, 0.717) is 11.4 Å². The van der Waals surface area contributed by atoms with Crippen molar-refractivity contribution in [3.63, 3.8) is 0 Å². The molecule has 2 aromatic rings. The lowest BCUT2D eigenvalue weighted by Gasteiger charge is -2.19. The van der Waals surface area contributed by atoms with Crippen LogP contribution in [0.5, 0.6) is 0 Å². The molecule has 166 valence electrons. The largest absolute Gasteiger partial charge is 0.452 e. The normalized spacial score (nSPS) is 20.1. The average molecular weight is 434 g/mol. The van der Waals surface area contributed by atoms with Crippen molar-refractivity contribution in [2.45, 2.75) is 39.0 Å². The number of nitrogens with one attached hydrogen (secondary N) is 1. The van der Waals surface area contributed by atoms with Crippen LogP contribution in [0.2, 0.25) is 0 Å². The Morgan fingerprint density at radius 2 is 1.66 bits per heavy atom. The molecule has 0 unspecified atom stereocenters. The molecule has 32 heavy (non-hydrogen) atoms. The van der Waals surface area contributed by atoms with E-state index in [0.717, 1.165) is 37.7 Å². The van der Waals surface area contributed by atoms with Crippen molar-refractivity contribution in [3.8, 4) is 0 Å². The molecule has 1 aliphatic carbocycles. The molecular weight excluding hydrogens is 408 g/mol. The lowest BCUT2D eigenvalue weighted by molar-refractivity contribution is -0.122. The minimum atomic E-state index is -0.695. The van der Waals surface area contributed by atoms with Crippen LogP contribution < -0.4 is 10.2 Å². The van der Waals surface area contributed by atoms with Gasteiger partial charge < -0.3 is 10.1 Å². The highest BCUT2D eigenvalue weighted by Gasteiger charge is 2.48. The number of fused-ring (bicyclic) bond motifs is 1. The maximum atomic E-state index is 12.8. The second-order valence-electron chi connectivity index (χ2n) is 8.23. The van der Waals surface area contributed by atoms with Gasteiger partial charge >= 0.3 is 5.97 Å². The first kappa shape index (κ1) is 21.7. The molecule has 3 amide bonds. The Bertz CT molecular complexity index is 1020. The summed E-state index contributed by atoms with van der Waals surface area (Å²) in [5, 5.41) is 2.68. The van der Waals surface area contributed by atoms with Crippen LogP contribution in [0.15, 0.2) is 48.5 Å².